The molecule has 9 nitrogen and oxygen atoms in total. The summed E-state index contributed by atoms with van der Waals surface area (Å²) in [7, 11) is 0. The normalized spacial score (nSPS) is 28.1. The minimum absolute atomic E-state index is 0.0293. The van der Waals surface area contributed by atoms with Crippen LogP contribution in [0.2, 0.25) is 0 Å². The average Bonchev–Trinajstić information content (AvgIpc) is 3.34. The van der Waals surface area contributed by atoms with E-state index in [0.29, 0.717) is 44.7 Å². The Bertz CT molecular complexity index is 575. The standard InChI is InChI=1S/C16H20O9/c17-13(18)16(14(19)20,15(21)22)12(4-11-7-25-11)8(3-10-6-24-10)1-2-9-5-23-9/h9-11H,1-7H2,(H,17,18)(H,19,20)(H,21,22)/b12-8-. The molecule has 3 saturated heterocycles. The lowest BCUT2D eigenvalue weighted by Crippen LogP contribution is -2.49. The molecule has 3 rings (SSSR count). The lowest BCUT2D eigenvalue weighted by atomic mass is 9.74. The topological polar surface area (TPSA) is 149 Å². The third-order valence-electron chi connectivity index (χ3n) is 4.72. The van der Waals surface area contributed by atoms with Crippen molar-refractivity contribution < 1.29 is 43.9 Å². The first-order valence-electron chi connectivity index (χ1n) is 8.12. The Labute approximate surface area is 143 Å². The van der Waals surface area contributed by atoms with Gasteiger partial charge in [-0.3, -0.25) is 0 Å². The molecule has 138 valence electrons. The summed E-state index contributed by atoms with van der Waals surface area (Å²) >= 11 is 0. The first-order valence-corrected chi connectivity index (χ1v) is 8.12. The van der Waals surface area contributed by atoms with Crippen molar-refractivity contribution in [3.63, 3.8) is 0 Å². The van der Waals surface area contributed by atoms with Crippen LogP contribution in [0.15, 0.2) is 11.1 Å². The Kier molecular flexibility index (Phi) is 4.81. The number of hydrogen-bond acceptors (Lipinski definition) is 6. The van der Waals surface area contributed by atoms with E-state index in [4.69, 9.17) is 14.2 Å². The SMILES string of the molecule is O=C(O)C(C(=O)O)(C(=O)O)/C(CC1CO1)=C(/CCC1CO1)CC1CO1. The van der Waals surface area contributed by atoms with Crippen LogP contribution in [-0.2, 0) is 28.6 Å². The van der Waals surface area contributed by atoms with Gasteiger partial charge in [-0.2, -0.15) is 0 Å². The van der Waals surface area contributed by atoms with Crippen molar-refractivity contribution in [3.8, 4) is 0 Å². The maximum atomic E-state index is 11.8. The third-order valence-corrected chi connectivity index (χ3v) is 4.72. The van der Waals surface area contributed by atoms with Crippen LogP contribution in [0.5, 0.6) is 0 Å². The van der Waals surface area contributed by atoms with Crippen molar-refractivity contribution in [2.45, 2.75) is 44.0 Å². The Morgan fingerprint density at radius 3 is 1.64 bits per heavy atom. The van der Waals surface area contributed by atoms with Crippen LogP contribution in [0.1, 0.15) is 25.7 Å². The summed E-state index contributed by atoms with van der Waals surface area (Å²) in [5.74, 6) is -5.71. The van der Waals surface area contributed by atoms with E-state index in [9.17, 15) is 29.7 Å². The van der Waals surface area contributed by atoms with Gasteiger partial charge in [-0.05, 0) is 31.3 Å². The highest BCUT2D eigenvalue weighted by atomic mass is 16.6. The molecule has 3 aliphatic heterocycles. The molecule has 3 aliphatic rings. The molecule has 0 aromatic rings. The Hall–Kier alpha value is -1.97. The van der Waals surface area contributed by atoms with E-state index in [-0.39, 0.29) is 30.3 Å². The van der Waals surface area contributed by atoms with Crippen LogP contribution in [0.4, 0.5) is 0 Å². The minimum Gasteiger partial charge on any atom is -0.480 e. The van der Waals surface area contributed by atoms with Crippen molar-refractivity contribution in [3.05, 3.63) is 11.1 Å². The van der Waals surface area contributed by atoms with Crippen LogP contribution in [0.25, 0.3) is 0 Å². The molecule has 3 N–H and O–H groups in total. The molecule has 0 radical (unpaired) electrons. The quantitative estimate of drug-likeness (QED) is 0.269. The summed E-state index contributed by atoms with van der Waals surface area (Å²) in [6.45, 7) is 1.46. The smallest absolute Gasteiger partial charge is 0.337 e. The molecular weight excluding hydrogens is 336 g/mol. The van der Waals surface area contributed by atoms with E-state index < -0.39 is 23.3 Å². The summed E-state index contributed by atoms with van der Waals surface area (Å²) in [5.41, 5.74) is -2.60. The van der Waals surface area contributed by atoms with Crippen molar-refractivity contribution in [1.29, 1.82) is 0 Å². The lowest BCUT2D eigenvalue weighted by molar-refractivity contribution is -0.172. The predicted octanol–water partition coefficient (Wildman–Crippen LogP) is 0.280. The fourth-order valence-corrected chi connectivity index (χ4v) is 3.04. The van der Waals surface area contributed by atoms with Crippen molar-refractivity contribution in [2.75, 3.05) is 19.8 Å². The van der Waals surface area contributed by atoms with Gasteiger partial charge in [0.1, 0.15) is 0 Å². The maximum absolute atomic E-state index is 11.8. The second kappa shape index (κ2) is 6.74. The monoisotopic (exact) mass is 356 g/mol. The first kappa shape index (κ1) is 17.8. The molecule has 25 heavy (non-hydrogen) atoms. The van der Waals surface area contributed by atoms with Gasteiger partial charge in [-0.25, -0.2) is 14.4 Å². The first-order chi connectivity index (χ1) is 11.9. The van der Waals surface area contributed by atoms with E-state index in [1.54, 1.807) is 0 Å². The molecule has 3 unspecified atom stereocenters. The molecule has 3 heterocycles. The lowest BCUT2D eigenvalue weighted by Gasteiger charge is -2.27. The fraction of sp³-hybridized carbons (Fsp3) is 0.688. The summed E-state index contributed by atoms with van der Waals surface area (Å²) in [5, 5.41) is 28.7. The largest absolute Gasteiger partial charge is 0.480 e. The number of carboxylic acid groups (broad SMARTS) is 3. The summed E-state index contributed by atoms with van der Waals surface area (Å²) in [6, 6.07) is 0. The number of epoxide rings is 3. The molecule has 0 amide bonds. The molecule has 3 atom stereocenters. The zero-order valence-corrected chi connectivity index (χ0v) is 13.5. The van der Waals surface area contributed by atoms with Crippen LogP contribution in [0, 0.1) is 5.41 Å². The second-order valence-corrected chi connectivity index (χ2v) is 6.56. The van der Waals surface area contributed by atoms with Crippen LogP contribution >= 0.6 is 0 Å². The zero-order chi connectivity index (χ0) is 18.2. The maximum Gasteiger partial charge on any atom is 0.337 e. The predicted molar refractivity (Wildman–Crippen MR) is 80.1 cm³/mol. The van der Waals surface area contributed by atoms with Gasteiger partial charge in [-0.1, -0.05) is 5.57 Å². The Morgan fingerprint density at radius 1 is 0.800 bits per heavy atom. The Balaban J connectivity index is 2.03. The van der Waals surface area contributed by atoms with Crippen molar-refractivity contribution in [1.82, 2.24) is 0 Å². The third kappa shape index (κ3) is 3.83. The number of aliphatic carboxylic acids is 3. The van der Waals surface area contributed by atoms with Crippen LogP contribution < -0.4 is 0 Å². The molecule has 0 spiro atoms. The van der Waals surface area contributed by atoms with Gasteiger partial charge in [0.25, 0.3) is 5.41 Å². The number of carbonyl (C=O) groups is 3. The molecule has 3 fully saturated rings. The average molecular weight is 356 g/mol. The fourth-order valence-electron chi connectivity index (χ4n) is 3.04. The number of carboxylic acids is 3. The van der Waals surface area contributed by atoms with E-state index in [2.05, 4.69) is 0 Å². The number of hydrogen-bond donors (Lipinski definition) is 3. The second-order valence-electron chi connectivity index (χ2n) is 6.56. The van der Waals surface area contributed by atoms with Crippen molar-refractivity contribution in [2.24, 2.45) is 5.41 Å². The van der Waals surface area contributed by atoms with Gasteiger partial charge in [0, 0.05) is 0 Å². The molecule has 0 saturated carbocycles. The molecule has 0 bridgehead atoms. The highest BCUT2D eigenvalue weighted by Gasteiger charge is 2.59. The van der Waals surface area contributed by atoms with E-state index in [1.807, 2.05) is 0 Å². The summed E-state index contributed by atoms with van der Waals surface area (Å²) in [6.07, 6.45) is 0.846. The summed E-state index contributed by atoms with van der Waals surface area (Å²) < 4.78 is 15.5. The van der Waals surface area contributed by atoms with E-state index in [0.717, 1.165) is 0 Å². The van der Waals surface area contributed by atoms with Crippen molar-refractivity contribution >= 4 is 17.9 Å². The molecule has 0 aromatic heterocycles. The Morgan fingerprint density at radius 2 is 1.24 bits per heavy atom. The van der Waals surface area contributed by atoms with Gasteiger partial charge in [0.15, 0.2) is 0 Å². The minimum atomic E-state index is -3.01. The number of ether oxygens (including phenoxy) is 3. The summed E-state index contributed by atoms with van der Waals surface area (Å²) in [4.78, 5) is 35.4. The highest BCUT2D eigenvalue weighted by Crippen LogP contribution is 2.41. The van der Waals surface area contributed by atoms with E-state index in [1.165, 1.54) is 0 Å². The van der Waals surface area contributed by atoms with Gasteiger partial charge in [0.2, 0.25) is 0 Å². The van der Waals surface area contributed by atoms with E-state index >= 15 is 0 Å². The molecular formula is C16H20O9. The molecule has 0 aromatic carbocycles. The number of rotatable bonds is 11. The van der Waals surface area contributed by atoms with Crippen LogP contribution in [-0.4, -0.2) is 71.4 Å². The van der Waals surface area contributed by atoms with Gasteiger partial charge >= 0.3 is 17.9 Å². The van der Waals surface area contributed by atoms with Gasteiger partial charge in [0.05, 0.1) is 38.1 Å². The van der Waals surface area contributed by atoms with Crippen LogP contribution in [0.3, 0.4) is 0 Å². The van der Waals surface area contributed by atoms with Gasteiger partial charge in [-0.15, -0.1) is 0 Å². The molecule has 0 aliphatic carbocycles. The zero-order valence-electron chi connectivity index (χ0n) is 13.5. The molecule has 9 heteroatoms. The van der Waals surface area contributed by atoms with Gasteiger partial charge < -0.3 is 29.5 Å². The highest BCUT2D eigenvalue weighted by molar-refractivity contribution is 6.19.